The smallest absolute Gasteiger partial charge is 0.224 e. The first-order valence-corrected chi connectivity index (χ1v) is 4.16. The zero-order chi connectivity index (χ0) is 12.4. The second-order valence-electron chi connectivity index (χ2n) is 3.05. The van der Waals surface area contributed by atoms with Crippen LogP contribution < -0.4 is 5.32 Å². The minimum atomic E-state index is -4.54. The highest BCUT2D eigenvalue weighted by atomic mass is 19.4. The summed E-state index contributed by atoms with van der Waals surface area (Å²) >= 11 is 0. The Kier molecular flexibility index (Phi) is 3.47. The maximum Gasteiger partial charge on any atom is 0.457 e. The van der Waals surface area contributed by atoms with Gasteiger partial charge < -0.3 is 0 Å². The Bertz CT molecular complexity index is 337. The lowest BCUT2D eigenvalue weighted by Gasteiger charge is -2.10. The van der Waals surface area contributed by atoms with Crippen molar-refractivity contribution in [2.24, 2.45) is 0 Å². The molecule has 0 atom stereocenters. The molecule has 0 saturated heterocycles. The Labute approximate surface area is 87.1 Å². The highest BCUT2D eigenvalue weighted by molar-refractivity contribution is 5.24. The molecule has 1 nitrogen and oxygen atoms in total. The number of halogens is 6. The lowest BCUT2D eigenvalue weighted by atomic mass is 10.1. The van der Waals surface area contributed by atoms with Crippen LogP contribution in [0.25, 0.3) is 0 Å². The van der Waals surface area contributed by atoms with Gasteiger partial charge in [-0.2, -0.15) is 26.3 Å². The lowest BCUT2D eigenvalue weighted by Crippen LogP contribution is -2.30. The van der Waals surface area contributed by atoms with E-state index in [0.29, 0.717) is 0 Å². The van der Waals surface area contributed by atoms with E-state index in [1.807, 2.05) is 0 Å². The SMILES string of the molecule is FC(F)(F)NCc1ccc(C(F)(F)F)cc1. The van der Waals surface area contributed by atoms with Gasteiger partial charge in [0.1, 0.15) is 0 Å². The van der Waals surface area contributed by atoms with Gasteiger partial charge in [-0.3, -0.25) is 0 Å². The molecular formula is C9H7F6N. The minimum absolute atomic E-state index is 0.130. The largest absolute Gasteiger partial charge is 0.457 e. The third kappa shape index (κ3) is 4.09. The van der Waals surface area contributed by atoms with E-state index >= 15 is 0 Å². The van der Waals surface area contributed by atoms with Gasteiger partial charge in [0.05, 0.1) is 5.56 Å². The summed E-state index contributed by atoms with van der Waals surface area (Å²) in [5.41, 5.74) is -0.756. The summed E-state index contributed by atoms with van der Waals surface area (Å²) in [4.78, 5) is 0. The number of benzene rings is 1. The fourth-order valence-corrected chi connectivity index (χ4v) is 1.01. The summed E-state index contributed by atoms with van der Waals surface area (Å²) in [5, 5.41) is 1.22. The van der Waals surface area contributed by atoms with Gasteiger partial charge in [0, 0.05) is 6.54 Å². The topological polar surface area (TPSA) is 12.0 Å². The Morgan fingerprint density at radius 3 is 1.75 bits per heavy atom. The number of hydrogen-bond donors (Lipinski definition) is 1. The molecule has 16 heavy (non-hydrogen) atoms. The first-order chi connectivity index (χ1) is 7.18. The molecular weight excluding hydrogens is 236 g/mol. The van der Waals surface area contributed by atoms with Gasteiger partial charge in [-0.1, -0.05) is 12.1 Å². The molecule has 0 fully saturated rings. The van der Waals surface area contributed by atoms with Crippen molar-refractivity contribution in [1.29, 1.82) is 0 Å². The van der Waals surface area contributed by atoms with Crippen LogP contribution >= 0.6 is 0 Å². The van der Waals surface area contributed by atoms with E-state index in [0.717, 1.165) is 24.3 Å². The van der Waals surface area contributed by atoms with E-state index in [4.69, 9.17) is 0 Å². The van der Waals surface area contributed by atoms with E-state index in [-0.39, 0.29) is 5.56 Å². The normalized spacial score (nSPS) is 12.9. The average molecular weight is 243 g/mol. The summed E-state index contributed by atoms with van der Waals surface area (Å²) < 4.78 is 71.5. The van der Waals surface area contributed by atoms with E-state index in [9.17, 15) is 26.3 Å². The van der Waals surface area contributed by atoms with Gasteiger partial charge >= 0.3 is 12.5 Å². The van der Waals surface area contributed by atoms with Crippen molar-refractivity contribution in [2.45, 2.75) is 19.0 Å². The summed E-state index contributed by atoms with van der Waals surface area (Å²) in [6, 6.07) is 3.49. The molecule has 0 spiro atoms. The van der Waals surface area contributed by atoms with Crippen molar-refractivity contribution in [3.8, 4) is 0 Å². The maximum atomic E-state index is 12.1. The van der Waals surface area contributed by atoms with Crippen molar-refractivity contribution in [3.63, 3.8) is 0 Å². The van der Waals surface area contributed by atoms with Crippen LogP contribution in [0.2, 0.25) is 0 Å². The number of hydrogen-bond acceptors (Lipinski definition) is 1. The molecule has 7 heteroatoms. The molecule has 1 rings (SSSR count). The molecule has 0 aliphatic rings. The van der Waals surface area contributed by atoms with Gasteiger partial charge in [-0.15, -0.1) is 0 Å². The summed E-state index contributed by atoms with van der Waals surface area (Å²) in [6.07, 6.45) is -9.02. The molecule has 0 bridgehead atoms. The van der Waals surface area contributed by atoms with Gasteiger partial charge in [0.15, 0.2) is 0 Å². The minimum Gasteiger partial charge on any atom is -0.224 e. The highest BCUT2D eigenvalue weighted by Gasteiger charge is 2.30. The quantitative estimate of drug-likeness (QED) is 0.620. The third-order valence-electron chi connectivity index (χ3n) is 1.77. The van der Waals surface area contributed by atoms with Crippen LogP contribution in [0.5, 0.6) is 0 Å². The molecule has 1 aromatic rings. The second kappa shape index (κ2) is 4.32. The van der Waals surface area contributed by atoms with E-state index < -0.39 is 24.6 Å². The predicted octanol–water partition coefficient (Wildman–Crippen LogP) is 3.31. The third-order valence-corrected chi connectivity index (χ3v) is 1.77. The molecule has 1 N–H and O–H groups in total. The van der Waals surface area contributed by atoms with Crippen LogP contribution in [0, 0.1) is 0 Å². The van der Waals surface area contributed by atoms with Crippen molar-refractivity contribution in [2.75, 3.05) is 0 Å². The zero-order valence-corrected chi connectivity index (χ0v) is 7.78. The molecule has 0 saturated carbocycles. The predicted molar refractivity (Wildman–Crippen MR) is 44.3 cm³/mol. The molecule has 0 unspecified atom stereocenters. The molecule has 0 radical (unpaired) electrons. The van der Waals surface area contributed by atoms with Gasteiger partial charge in [-0.05, 0) is 17.7 Å². The van der Waals surface area contributed by atoms with Gasteiger partial charge in [0.2, 0.25) is 0 Å². The maximum absolute atomic E-state index is 12.1. The number of rotatable bonds is 2. The Morgan fingerprint density at radius 2 is 1.38 bits per heavy atom. The number of nitrogens with one attached hydrogen (secondary N) is 1. The van der Waals surface area contributed by atoms with Crippen LogP contribution in [-0.2, 0) is 12.7 Å². The monoisotopic (exact) mass is 243 g/mol. The summed E-state index contributed by atoms with van der Waals surface area (Å²) in [7, 11) is 0. The zero-order valence-electron chi connectivity index (χ0n) is 7.78. The first kappa shape index (κ1) is 12.8. The molecule has 0 aromatic heterocycles. The first-order valence-electron chi connectivity index (χ1n) is 4.16. The highest BCUT2D eigenvalue weighted by Crippen LogP contribution is 2.29. The average Bonchev–Trinajstić information content (AvgIpc) is 2.13. The standard InChI is InChI=1S/C9H7F6N/c10-8(11,12)7-3-1-6(2-4-7)5-16-9(13,14)15/h1-4,16H,5H2. The van der Waals surface area contributed by atoms with E-state index in [1.54, 1.807) is 0 Å². The molecule has 1 aromatic carbocycles. The summed E-state index contributed by atoms with van der Waals surface area (Å²) in [5.74, 6) is 0. The van der Waals surface area contributed by atoms with Crippen LogP contribution in [0.1, 0.15) is 11.1 Å². The summed E-state index contributed by atoms with van der Waals surface area (Å²) in [6.45, 7) is -0.554. The van der Waals surface area contributed by atoms with Gasteiger partial charge in [0.25, 0.3) is 0 Å². The second-order valence-corrected chi connectivity index (χ2v) is 3.05. The molecule has 0 heterocycles. The lowest BCUT2D eigenvalue weighted by molar-refractivity contribution is -0.158. The number of alkyl halides is 6. The Morgan fingerprint density at radius 1 is 0.875 bits per heavy atom. The van der Waals surface area contributed by atoms with Gasteiger partial charge in [-0.25, -0.2) is 5.32 Å². The van der Waals surface area contributed by atoms with E-state index in [1.165, 1.54) is 5.32 Å². The van der Waals surface area contributed by atoms with Crippen LogP contribution in [0.3, 0.4) is 0 Å². The molecule has 0 amide bonds. The molecule has 0 aliphatic heterocycles. The van der Waals surface area contributed by atoms with Crippen LogP contribution in [0.4, 0.5) is 26.3 Å². The van der Waals surface area contributed by atoms with Crippen molar-refractivity contribution >= 4 is 0 Å². The molecule has 90 valence electrons. The Balaban J connectivity index is 2.66. The fourth-order valence-electron chi connectivity index (χ4n) is 1.01. The van der Waals surface area contributed by atoms with Crippen molar-refractivity contribution < 1.29 is 26.3 Å². The fraction of sp³-hybridized carbons (Fsp3) is 0.333. The Hall–Kier alpha value is -1.24. The van der Waals surface area contributed by atoms with E-state index in [2.05, 4.69) is 0 Å². The molecule has 0 aliphatic carbocycles. The van der Waals surface area contributed by atoms with Crippen LogP contribution in [-0.4, -0.2) is 6.30 Å². The van der Waals surface area contributed by atoms with Crippen molar-refractivity contribution in [3.05, 3.63) is 35.4 Å². The van der Waals surface area contributed by atoms with Crippen molar-refractivity contribution in [1.82, 2.24) is 5.32 Å². The van der Waals surface area contributed by atoms with Crippen LogP contribution in [0.15, 0.2) is 24.3 Å².